The molecule has 1 aliphatic carbocycles. The fourth-order valence-electron chi connectivity index (χ4n) is 3.59. The van der Waals surface area contributed by atoms with E-state index in [9.17, 15) is 9.59 Å². The van der Waals surface area contributed by atoms with Crippen LogP contribution in [0.1, 0.15) is 34.3 Å². The smallest absolute Gasteiger partial charge is 0.274 e. The highest BCUT2D eigenvalue weighted by Crippen LogP contribution is 2.50. The molecule has 0 unspecified atom stereocenters. The largest absolute Gasteiger partial charge is 0.491 e. The number of hydrogen-bond acceptors (Lipinski definition) is 4. The first kappa shape index (κ1) is 17.8. The van der Waals surface area contributed by atoms with E-state index in [0.29, 0.717) is 36.0 Å². The molecular weight excluding hydrogens is 368 g/mol. The fourth-order valence-corrected chi connectivity index (χ4v) is 3.78. The highest BCUT2D eigenvalue weighted by atomic mass is 35.5. The topological polar surface area (TPSA) is 78.9 Å². The van der Waals surface area contributed by atoms with Crippen molar-refractivity contribution in [3.05, 3.63) is 64.2 Å². The van der Waals surface area contributed by atoms with E-state index in [-0.39, 0.29) is 5.91 Å². The van der Waals surface area contributed by atoms with E-state index in [4.69, 9.17) is 21.5 Å². The molecule has 0 radical (unpaired) electrons. The Bertz CT molecular complexity index is 911. The van der Waals surface area contributed by atoms with Crippen LogP contribution in [0.15, 0.2) is 42.5 Å². The maximum Gasteiger partial charge on any atom is 0.274 e. The molecule has 2 N–H and O–H groups in total. The van der Waals surface area contributed by atoms with E-state index in [1.165, 1.54) is 0 Å². The van der Waals surface area contributed by atoms with Crippen LogP contribution >= 0.6 is 11.6 Å². The van der Waals surface area contributed by atoms with Crippen molar-refractivity contribution in [3.63, 3.8) is 0 Å². The van der Waals surface area contributed by atoms with Crippen LogP contribution in [0.4, 0.5) is 0 Å². The Balaban J connectivity index is 1.59. The van der Waals surface area contributed by atoms with E-state index >= 15 is 0 Å². The van der Waals surface area contributed by atoms with Gasteiger partial charge in [-0.1, -0.05) is 29.8 Å². The average Bonchev–Trinajstić information content (AvgIpc) is 3.50. The van der Waals surface area contributed by atoms with Crippen molar-refractivity contribution in [1.82, 2.24) is 10.4 Å². The Labute approximate surface area is 161 Å². The Hall–Kier alpha value is -2.57. The zero-order valence-electron chi connectivity index (χ0n) is 14.6. The summed E-state index contributed by atoms with van der Waals surface area (Å²) in [6.45, 7) is 1.23. The molecule has 0 saturated heterocycles. The molecule has 1 heterocycles. The molecule has 6 nitrogen and oxygen atoms in total. The highest BCUT2D eigenvalue weighted by molar-refractivity contribution is 6.30. The van der Waals surface area contributed by atoms with Gasteiger partial charge in [-0.05, 0) is 42.7 Å². The van der Waals surface area contributed by atoms with E-state index in [1.54, 1.807) is 23.7 Å². The number of ether oxygens (including phenoxy) is 1. The van der Waals surface area contributed by atoms with Gasteiger partial charge in [0.1, 0.15) is 12.4 Å². The van der Waals surface area contributed by atoms with Gasteiger partial charge in [-0.2, -0.15) is 0 Å². The first-order valence-corrected chi connectivity index (χ1v) is 9.17. The number of hydrogen-bond donors (Lipinski definition) is 2. The zero-order valence-corrected chi connectivity index (χ0v) is 15.3. The Kier molecular flexibility index (Phi) is 4.53. The van der Waals surface area contributed by atoms with Gasteiger partial charge in [0.05, 0.1) is 12.0 Å². The van der Waals surface area contributed by atoms with Gasteiger partial charge < -0.3 is 9.64 Å². The molecule has 2 amide bonds. The molecule has 0 bridgehead atoms. The summed E-state index contributed by atoms with van der Waals surface area (Å²) in [4.78, 5) is 26.7. The van der Waals surface area contributed by atoms with Gasteiger partial charge in [-0.3, -0.25) is 14.8 Å². The van der Waals surface area contributed by atoms with Crippen molar-refractivity contribution in [2.24, 2.45) is 0 Å². The summed E-state index contributed by atoms with van der Waals surface area (Å²) in [5, 5.41) is 9.41. The standard InChI is InChI=1S/C20H19ClN2O4/c21-16-3-1-2-15(11-16)20(6-7-20)19(25)23-8-9-27-17-10-13(18(24)22-26)4-5-14(17)12-23/h1-5,10-11,26H,6-9,12H2,(H,22,24). The molecule has 0 aromatic heterocycles. The van der Waals surface area contributed by atoms with Gasteiger partial charge in [0.15, 0.2) is 0 Å². The fraction of sp³-hybridized carbons (Fsp3) is 0.300. The maximum absolute atomic E-state index is 13.3. The third kappa shape index (κ3) is 3.26. The average molecular weight is 387 g/mol. The maximum atomic E-state index is 13.3. The van der Waals surface area contributed by atoms with Gasteiger partial charge >= 0.3 is 0 Å². The van der Waals surface area contributed by atoms with E-state index in [0.717, 1.165) is 24.0 Å². The third-order valence-electron chi connectivity index (χ3n) is 5.23. The minimum atomic E-state index is -0.600. The molecule has 140 valence electrons. The molecule has 7 heteroatoms. The summed E-state index contributed by atoms with van der Waals surface area (Å²) in [6.07, 6.45) is 1.62. The number of nitrogens with one attached hydrogen (secondary N) is 1. The van der Waals surface area contributed by atoms with Crippen LogP contribution in [0.25, 0.3) is 0 Å². The van der Waals surface area contributed by atoms with Crippen molar-refractivity contribution < 1.29 is 19.5 Å². The monoisotopic (exact) mass is 386 g/mol. The first-order valence-electron chi connectivity index (χ1n) is 8.79. The third-order valence-corrected chi connectivity index (χ3v) is 5.47. The molecule has 2 aromatic carbocycles. The number of fused-ring (bicyclic) bond motifs is 1. The zero-order chi connectivity index (χ0) is 19.0. The van der Waals surface area contributed by atoms with Crippen molar-refractivity contribution in [3.8, 4) is 5.75 Å². The summed E-state index contributed by atoms with van der Waals surface area (Å²) in [6, 6.07) is 12.4. The van der Waals surface area contributed by atoms with Gasteiger partial charge in [0.25, 0.3) is 5.91 Å². The Morgan fingerprint density at radius 3 is 2.70 bits per heavy atom. The molecule has 1 aliphatic heterocycles. The number of amides is 2. The van der Waals surface area contributed by atoms with Gasteiger partial charge in [0.2, 0.25) is 5.91 Å². The van der Waals surface area contributed by atoms with Crippen molar-refractivity contribution in [2.45, 2.75) is 24.8 Å². The second kappa shape index (κ2) is 6.87. The van der Waals surface area contributed by atoms with E-state index in [1.807, 2.05) is 29.2 Å². The number of hydroxylamine groups is 1. The van der Waals surface area contributed by atoms with Crippen molar-refractivity contribution in [1.29, 1.82) is 0 Å². The number of halogens is 1. The van der Waals surface area contributed by atoms with Crippen LogP contribution in [0, 0.1) is 0 Å². The van der Waals surface area contributed by atoms with Crippen LogP contribution < -0.4 is 10.2 Å². The molecular formula is C20H19ClN2O4. The van der Waals surface area contributed by atoms with Gasteiger partial charge in [-0.25, -0.2) is 5.48 Å². The normalized spacial score (nSPS) is 17.3. The lowest BCUT2D eigenvalue weighted by molar-refractivity contribution is -0.134. The molecule has 0 atom stereocenters. The molecule has 2 aliphatic rings. The minimum Gasteiger partial charge on any atom is -0.491 e. The van der Waals surface area contributed by atoms with Crippen molar-refractivity contribution >= 4 is 23.4 Å². The predicted molar refractivity (Wildman–Crippen MR) is 99.0 cm³/mol. The highest BCUT2D eigenvalue weighted by Gasteiger charge is 2.53. The van der Waals surface area contributed by atoms with E-state index < -0.39 is 11.3 Å². The van der Waals surface area contributed by atoms with Crippen LogP contribution in [0.3, 0.4) is 0 Å². The summed E-state index contributed by atoms with van der Waals surface area (Å²) in [5.41, 5.74) is 3.21. The Morgan fingerprint density at radius 2 is 2.00 bits per heavy atom. The quantitative estimate of drug-likeness (QED) is 0.628. The molecule has 4 rings (SSSR count). The molecule has 2 aromatic rings. The Morgan fingerprint density at radius 1 is 1.19 bits per heavy atom. The lowest BCUT2D eigenvalue weighted by atomic mass is 9.94. The summed E-state index contributed by atoms with van der Waals surface area (Å²) < 4.78 is 5.75. The first-order chi connectivity index (χ1) is 13.0. The number of carbonyl (C=O) groups excluding carboxylic acids is 2. The molecule has 1 saturated carbocycles. The van der Waals surface area contributed by atoms with Crippen LogP contribution in [0.5, 0.6) is 5.75 Å². The summed E-state index contributed by atoms with van der Waals surface area (Å²) in [7, 11) is 0. The summed E-state index contributed by atoms with van der Waals surface area (Å²) >= 11 is 6.12. The molecule has 27 heavy (non-hydrogen) atoms. The van der Waals surface area contributed by atoms with Crippen LogP contribution in [-0.4, -0.2) is 35.1 Å². The predicted octanol–water partition coefficient (Wildman–Crippen LogP) is 2.91. The summed E-state index contributed by atoms with van der Waals surface area (Å²) in [5.74, 6) is 0.0360. The number of rotatable bonds is 3. The van der Waals surface area contributed by atoms with Gasteiger partial charge in [-0.15, -0.1) is 0 Å². The molecule has 0 spiro atoms. The second-order valence-corrected chi connectivity index (χ2v) is 7.37. The number of benzene rings is 2. The van der Waals surface area contributed by atoms with Crippen LogP contribution in [-0.2, 0) is 16.8 Å². The van der Waals surface area contributed by atoms with E-state index in [2.05, 4.69) is 0 Å². The lowest BCUT2D eigenvalue weighted by Crippen LogP contribution is -2.40. The SMILES string of the molecule is O=C(NO)c1ccc2c(c1)OCCN(C(=O)C1(c3cccc(Cl)c3)CC1)C2. The van der Waals surface area contributed by atoms with Crippen LogP contribution in [0.2, 0.25) is 5.02 Å². The second-order valence-electron chi connectivity index (χ2n) is 6.93. The number of carbonyl (C=O) groups is 2. The minimum absolute atomic E-state index is 0.0818. The lowest BCUT2D eigenvalue weighted by Gasteiger charge is -2.26. The number of nitrogens with zero attached hydrogens (tertiary/aromatic N) is 1. The van der Waals surface area contributed by atoms with Crippen molar-refractivity contribution in [2.75, 3.05) is 13.2 Å². The molecule has 1 fully saturated rings. The van der Waals surface area contributed by atoms with Gasteiger partial charge in [0, 0.05) is 22.7 Å².